The minimum Gasteiger partial charge on any atom is -0.456 e. The van der Waals surface area contributed by atoms with Crippen LogP contribution in [0.1, 0.15) is 0 Å². The number of hydrogen-bond donors (Lipinski definition) is 0. The molecule has 3 rings (SSSR count). The van der Waals surface area contributed by atoms with Crippen LogP contribution in [0.4, 0.5) is 5.69 Å². The average molecular weight is 274 g/mol. The summed E-state index contributed by atoms with van der Waals surface area (Å²) in [6.07, 6.45) is 0. The van der Waals surface area contributed by atoms with Gasteiger partial charge in [0.2, 0.25) is 0 Å². The van der Waals surface area contributed by atoms with E-state index in [4.69, 9.17) is 16.0 Å². The van der Waals surface area contributed by atoms with Gasteiger partial charge >= 0.3 is 0 Å². The summed E-state index contributed by atoms with van der Waals surface area (Å²) in [4.78, 5) is 10.2. The van der Waals surface area contributed by atoms with Crippen molar-refractivity contribution in [1.29, 1.82) is 0 Å². The molecular weight excluding hydrogens is 266 g/mol. The summed E-state index contributed by atoms with van der Waals surface area (Å²) in [6.45, 7) is 0. The summed E-state index contributed by atoms with van der Waals surface area (Å²) < 4.78 is 5.68. The molecule has 19 heavy (non-hydrogen) atoms. The summed E-state index contributed by atoms with van der Waals surface area (Å²) in [6, 6.07) is 13.5. The predicted octanol–water partition coefficient (Wildman–Crippen LogP) is 4.66. The monoisotopic (exact) mass is 273 g/mol. The van der Waals surface area contributed by atoms with E-state index in [1.54, 1.807) is 24.3 Å². The van der Waals surface area contributed by atoms with Gasteiger partial charge in [-0.2, -0.15) is 0 Å². The Hall–Kier alpha value is -2.33. The Labute approximate surface area is 113 Å². The first-order chi connectivity index (χ1) is 9.13. The smallest absolute Gasteiger partial charge is 0.269 e. The molecule has 0 fully saturated rings. The van der Waals surface area contributed by atoms with Crippen LogP contribution in [0.25, 0.3) is 22.3 Å². The van der Waals surface area contributed by atoms with E-state index in [0.717, 1.165) is 16.5 Å². The maximum Gasteiger partial charge on any atom is 0.269 e. The van der Waals surface area contributed by atoms with Gasteiger partial charge in [0.25, 0.3) is 5.69 Å². The van der Waals surface area contributed by atoms with Crippen LogP contribution in [0.15, 0.2) is 52.9 Å². The maximum atomic E-state index is 10.6. The lowest BCUT2D eigenvalue weighted by Gasteiger charge is -1.95. The first-order valence-corrected chi connectivity index (χ1v) is 5.95. The Balaban J connectivity index is 2.06. The summed E-state index contributed by atoms with van der Waals surface area (Å²) in [5.41, 5.74) is 1.58. The molecule has 5 heteroatoms. The molecule has 0 spiro atoms. The second-order valence-corrected chi connectivity index (χ2v) is 4.53. The molecule has 4 nitrogen and oxygen atoms in total. The molecule has 0 unspecified atom stereocenters. The third kappa shape index (κ3) is 2.18. The van der Waals surface area contributed by atoms with Crippen molar-refractivity contribution in [2.75, 3.05) is 0 Å². The summed E-state index contributed by atoms with van der Waals surface area (Å²) in [5.74, 6) is 0.659. The van der Waals surface area contributed by atoms with Crippen molar-refractivity contribution < 1.29 is 9.34 Å². The zero-order valence-electron chi connectivity index (χ0n) is 9.67. The second kappa shape index (κ2) is 4.40. The minimum absolute atomic E-state index is 0.0582. The highest BCUT2D eigenvalue weighted by molar-refractivity contribution is 6.31. The SMILES string of the molecule is O=[N+]([O-])c1ccc(-c2cc3cc(Cl)ccc3o2)cc1. The van der Waals surface area contributed by atoms with Crippen LogP contribution in [-0.4, -0.2) is 4.92 Å². The number of nitro benzene ring substituents is 1. The Morgan fingerprint density at radius 2 is 1.79 bits per heavy atom. The van der Waals surface area contributed by atoms with Gasteiger partial charge in [0, 0.05) is 28.1 Å². The van der Waals surface area contributed by atoms with Gasteiger partial charge in [-0.05, 0) is 36.4 Å². The van der Waals surface area contributed by atoms with Crippen LogP contribution < -0.4 is 0 Å². The van der Waals surface area contributed by atoms with Crippen molar-refractivity contribution in [2.24, 2.45) is 0 Å². The Bertz CT molecular complexity index is 762. The highest BCUT2D eigenvalue weighted by Gasteiger charge is 2.09. The predicted molar refractivity (Wildman–Crippen MR) is 73.3 cm³/mol. The van der Waals surface area contributed by atoms with Gasteiger partial charge in [0.15, 0.2) is 0 Å². The molecule has 0 aliphatic carbocycles. The van der Waals surface area contributed by atoms with Crippen LogP contribution in [-0.2, 0) is 0 Å². The highest BCUT2D eigenvalue weighted by atomic mass is 35.5. The van der Waals surface area contributed by atoms with E-state index in [-0.39, 0.29) is 5.69 Å². The number of hydrogen-bond acceptors (Lipinski definition) is 3. The Morgan fingerprint density at radius 1 is 1.05 bits per heavy atom. The van der Waals surface area contributed by atoms with Gasteiger partial charge < -0.3 is 4.42 Å². The fraction of sp³-hybridized carbons (Fsp3) is 0. The maximum absolute atomic E-state index is 10.6. The molecule has 0 bridgehead atoms. The highest BCUT2D eigenvalue weighted by Crippen LogP contribution is 2.30. The topological polar surface area (TPSA) is 56.3 Å². The number of nitro groups is 1. The molecule has 0 radical (unpaired) electrons. The van der Waals surface area contributed by atoms with E-state index in [9.17, 15) is 10.1 Å². The van der Waals surface area contributed by atoms with Gasteiger partial charge in [-0.25, -0.2) is 0 Å². The lowest BCUT2D eigenvalue weighted by molar-refractivity contribution is -0.384. The van der Waals surface area contributed by atoms with Crippen LogP contribution >= 0.6 is 11.6 Å². The fourth-order valence-corrected chi connectivity index (χ4v) is 2.08. The first kappa shape index (κ1) is 11.7. The van der Waals surface area contributed by atoms with Gasteiger partial charge in [-0.3, -0.25) is 10.1 Å². The molecule has 0 atom stereocenters. The van der Waals surface area contributed by atoms with Gasteiger partial charge in [-0.1, -0.05) is 11.6 Å². The van der Waals surface area contributed by atoms with Crippen LogP contribution in [0, 0.1) is 10.1 Å². The van der Waals surface area contributed by atoms with E-state index in [2.05, 4.69) is 0 Å². The van der Waals surface area contributed by atoms with Crippen molar-refractivity contribution in [1.82, 2.24) is 0 Å². The average Bonchev–Trinajstić information content (AvgIpc) is 2.81. The largest absolute Gasteiger partial charge is 0.456 e. The van der Waals surface area contributed by atoms with Crippen LogP contribution in [0.5, 0.6) is 0 Å². The third-order valence-corrected chi connectivity index (χ3v) is 3.08. The number of rotatable bonds is 2. The molecule has 1 aromatic heterocycles. The van der Waals surface area contributed by atoms with E-state index in [1.807, 2.05) is 12.1 Å². The van der Waals surface area contributed by atoms with E-state index < -0.39 is 4.92 Å². The molecule has 0 aliphatic heterocycles. The molecule has 0 saturated heterocycles. The number of fused-ring (bicyclic) bond motifs is 1. The van der Waals surface area contributed by atoms with E-state index >= 15 is 0 Å². The molecule has 2 aromatic carbocycles. The molecule has 0 aliphatic rings. The Kier molecular flexibility index (Phi) is 2.72. The van der Waals surface area contributed by atoms with Gasteiger partial charge in [0.1, 0.15) is 11.3 Å². The van der Waals surface area contributed by atoms with Gasteiger partial charge in [0.05, 0.1) is 4.92 Å². The summed E-state index contributed by atoms with van der Waals surface area (Å²) in [7, 11) is 0. The van der Waals surface area contributed by atoms with E-state index in [0.29, 0.717) is 10.8 Å². The van der Waals surface area contributed by atoms with Crippen LogP contribution in [0.3, 0.4) is 0 Å². The van der Waals surface area contributed by atoms with Crippen molar-refractivity contribution in [3.8, 4) is 11.3 Å². The molecule has 0 saturated carbocycles. The van der Waals surface area contributed by atoms with E-state index in [1.165, 1.54) is 12.1 Å². The Morgan fingerprint density at radius 3 is 2.47 bits per heavy atom. The summed E-state index contributed by atoms with van der Waals surface area (Å²) >= 11 is 5.91. The molecule has 94 valence electrons. The quantitative estimate of drug-likeness (QED) is 0.504. The van der Waals surface area contributed by atoms with Gasteiger partial charge in [-0.15, -0.1) is 0 Å². The molecule has 3 aromatic rings. The standard InChI is InChI=1S/C14H8ClNO3/c15-11-3-6-13-10(7-11)8-14(19-13)9-1-4-12(5-2-9)16(17)18/h1-8H. The summed E-state index contributed by atoms with van der Waals surface area (Å²) in [5, 5.41) is 12.1. The van der Waals surface area contributed by atoms with Crippen LogP contribution in [0.2, 0.25) is 5.02 Å². The number of non-ortho nitro benzene ring substituents is 1. The molecular formula is C14H8ClNO3. The number of nitrogens with zero attached hydrogens (tertiary/aromatic N) is 1. The lowest BCUT2D eigenvalue weighted by atomic mass is 10.1. The first-order valence-electron chi connectivity index (χ1n) is 5.57. The second-order valence-electron chi connectivity index (χ2n) is 4.10. The molecule has 1 heterocycles. The third-order valence-electron chi connectivity index (χ3n) is 2.84. The zero-order valence-corrected chi connectivity index (χ0v) is 10.4. The lowest BCUT2D eigenvalue weighted by Crippen LogP contribution is -1.86. The minimum atomic E-state index is -0.428. The normalized spacial score (nSPS) is 10.8. The van der Waals surface area contributed by atoms with Crippen molar-refractivity contribution >= 4 is 28.3 Å². The fourth-order valence-electron chi connectivity index (χ4n) is 1.90. The van der Waals surface area contributed by atoms with Crippen molar-refractivity contribution in [3.05, 3.63) is 63.7 Å². The van der Waals surface area contributed by atoms with Crippen molar-refractivity contribution in [2.45, 2.75) is 0 Å². The number of furan rings is 1. The molecule has 0 amide bonds. The number of halogens is 1. The zero-order chi connectivity index (χ0) is 13.4. The van der Waals surface area contributed by atoms with Crippen molar-refractivity contribution in [3.63, 3.8) is 0 Å². The number of benzene rings is 2. The molecule has 0 N–H and O–H groups in total.